The third-order valence-electron chi connectivity index (χ3n) is 5.89. The topological polar surface area (TPSA) is 95.5 Å². The number of benzene rings is 1. The van der Waals surface area contributed by atoms with E-state index in [9.17, 15) is 4.79 Å². The molecule has 0 spiro atoms. The molecule has 0 unspecified atom stereocenters. The van der Waals surface area contributed by atoms with Gasteiger partial charge in [0.2, 0.25) is 0 Å². The Bertz CT molecular complexity index is 1090. The summed E-state index contributed by atoms with van der Waals surface area (Å²) in [6.07, 6.45) is 5.05. The number of pyridine rings is 1. The van der Waals surface area contributed by atoms with E-state index in [2.05, 4.69) is 47.5 Å². The van der Waals surface area contributed by atoms with Gasteiger partial charge in [-0.1, -0.05) is 0 Å². The molecule has 0 atom stereocenters. The lowest BCUT2D eigenvalue weighted by molar-refractivity contribution is 0.102. The van der Waals surface area contributed by atoms with E-state index in [1.165, 1.54) is 0 Å². The van der Waals surface area contributed by atoms with Gasteiger partial charge < -0.3 is 25.2 Å². The fourth-order valence-electron chi connectivity index (χ4n) is 4.12. The van der Waals surface area contributed by atoms with Gasteiger partial charge >= 0.3 is 0 Å². The van der Waals surface area contributed by atoms with Crippen molar-refractivity contribution in [1.82, 2.24) is 20.3 Å². The van der Waals surface area contributed by atoms with E-state index < -0.39 is 0 Å². The van der Waals surface area contributed by atoms with Gasteiger partial charge in [-0.2, -0.15) is 0 Å². The summed E-state index contributed by atoms with van der Waals surface area (Å²) >= 11 is 0. The molecule has 9 heteroatoms. The minimum absolute atomic E-state index is 0.284. The molecular weight excluding hydrogens is 418 g/mol. The van der Waals surface area contributed by atoms with Crippen LogP contribution in [0.25, 0.3) is 11.4 Å². The second-order valence-electron chi connectivity index (χ2n) is 8.00. The fourth-order valence-corrected chi connectivity index (χ4v) is 4.12. The monoisotopic (exact) mass is 445 g/mol. The first kappa shape index (κ1) is 21.3. The van der Waals surface area contributed by atoms with Crippen molar-refractivity contribution >= 4 is 23.0 Å². The first-order valence-electron chi connectivity index (χ1n) is 11.3. The van der Waals surface area contributed by atoms with Crippen LogP contribution in [0.4, 0.5) is 17.1 Å². The van der Waals surface area contributed by atoms with Gasteiger partial charge in [0.05, 0.1) is 30.8 Å². The number of piperazine rings is 1. The highest BCUT2D eigenvalue weighted by molar-refractivity contribution is 6.04. The molecule has 2 aliphatic rings. The van der Waals surface area contributed by atoms with E-state index in [0.717, 1.165) is 69.4 Å². The summed E-state index contributed by atoms with van der Waals surface area (Å²) in [5.74, 6) is 0.234. The Morgan fingerprint density at radius 2 is 1.73 bits per heavy atom. The molecule has 9 nitrogen and oxygen atoms in total. The standard InChI is InChI=1S/C24H27N7O2/c32-24(29-21-17-26-7-6-22(21)31-11-9-25-10-12-31)20-5-8-27-23(28-20)18-1-3-19(4-2-18)30-13-15-33-16-14-30/h1-8,17,25H,9-16H2,(H,29,32). The maximum atomic E-state index is 13.0. The van der Waals surface area contributed by atoms with E-state index in [1.807, 2.05) is 18.2 Å². The second kappa shape index (κ2) is 9.93. The van der Waals surface area contributed by atoms with Crippen molar-refractivity contribution in [3.05, 3.63) is 60.7 Å². The maximum Gasteiger partial charge on any atom is 0.274 e. The van der Waals surface area contributed by atoms with Crippen LogP contribution in [0, 0.1) is 0 Å². The zero-order valence-electron chi connectivity index (χ0n) is 18.4. The number of nitrogens with one attached hydrogen (secondary N) is 2. The van der Waals surface area contributed by atoms with Gasteiger partial charge in [0.25, 0.3) is 5.91 Å². The lowest BCUT2D eigenvalue weighted by Crippen LogP contribution is -2.43. The molecule has 5 rings (SSSR count). The van der Waals surface area contributed by atoms with Crippen LogP contribution in [0.15, 0.2) is 55.0 Å². The lowest BCUT2D eigenvalue weighted by Gasteiger charge is -2.30. The summed E-state index contributed by atoms with van der Waals surface area (Å²) in [7, 11) is 0. The number of ether oxygens (including phenoxy) is 1. The molecule has 2 aromatic heterocycles. The molecule has 0 aliphatic carbocycles. The molecule has 0 saturated carbocycles. The zero-order chi connectivity index (χ0) is 22.5. The summed E-state index contributed by atoms with van der Waals surface area (Å²) < 4.78 is 5.43. The average molecular weight is 446 g/mol. The molecule has 1 aromatic carbocycles. The van der Waals surface area contributed by atoms with Crippen molar-refractivity contribution in [1.29, 1.82) is 0 Å². The quantitative estimate of drug-likeness (QED) is 0.616. The van der Waals surface area contributed by atoms with Crippen molar-refractivity contribution in [3.8, 4) is 11.4 Å². The van der Waals surface area contributed by atoms with Gasteiger partial charge in [0, 0.05) is 62.9 Å². The predicted molar refractivity (Wildman–Crippen MR) is 128 cm³/mol. The lowest BCUT2D eigenvalue weighted by atomic mass is 10.1. The SMILES string of the molecule is O=C(Nc1cnccc1N1CCNCC1)c1ccnc(-c2ccc(N3CCOCC3)cc2)n1. The first-order chi connectivity index (χ1) is 16.3. The largest absolute Gasteiger partial charge is 0.378 e. The van der Waals surface area contributed by atoms with Gasteiger partial charge in [-0.25, -0.2) is 9.97 Å². The van der Waals surface area contributed by atoms with Gasteiger partial charge in [0.15, 0.2) is 5.82 Å². The van der Waals surface area contributed by atoms with Crippen molar-refractivity contribution in [2.75, 3.05) is 67.6 Å². The van der Waals surface area contributed by atoms with E-state index in [-0.39, 0.29) is 5.91 Å². The molecule has 4 heterocycles. The number of carbonyl (C=O) groups is 1. The van der Waals surface area contributed by atoms with Crippen LogP contribution in [-0.2, 0) is 4.74 Å². The summed E-state index contributed by atoms with van der Waals surface area (Å²) in [5, 5.41) is 6.33. The molecule has 2 fully saturated rings. The summed E-state index contributed by atoms with van der Waals surface area (Å²) in [4.78, 5) is 30.7. The second-order valence-corrected chi connectivity index (χ2v) is 8.00. The number of carbonyl (C=O) groups excluding carboxylic acids is 1. The minimum Gasteiger partial charge on any atom is -0.378 e. The highest BCUT2D eigenvalue weighted by Gasteiger charge is 2.18. The molecule has 1 amide bonds. The fraction of sp³-hybridized carbons (Fsp3) is 0.333. The molecule has 2 aliphatic heterocycles. The molecule has 2 N–H and O–H groups in total. The van der Waals surface area contributed by atoms with Crippen molar-refractivity contribution in [3.63, 3.8) is 0 Å². The molecule has 3 aromatic rings. The number of rotatable bonds is 5. The Morgan fingerprint density at radius 1 is 0.939 bits per heavy atom. The Balaban J connectivity index is 1.32. The maximum absolute atomic E-state index is 13.0. The van der Waals surface area contributed by atoms with Gasteiger partial charge in [-0.3, -0.25) is 9.78 Å². The Morgan fingerprint density at radius 3 is 2.52 bits per heavy atom. The van der Waals surface area contributed by atoms with Crippen LogP contribution in [0.2, 0.25) is 0 Å². The number of aromatic nitrogens is 3. The van der Waals surface area contributed by atoms with Crippen molar-refractivity contribution in [2.45, 2.75) is 0 Å². The van der Waals surface area contributed by atoms with Gasteiger partial charge in [-0.05, 0) is 36.4 Å². The van der Waals surface area contributed by atoms with Crippen LogP contribution >= 0.6 is 0 Å². The van der Waals surface area contributed by atoms with Crippen molar-refractivity contribution in [2.24, 2.45) is 0 Å². The highest BCUT2D eigenvalue weighted by atomic mass is 16.5. The van der Waals surface area contributed by atoms with E-state index in [1.54, 1.807) is 24.7 Å². The van der Waals surface area contributed by atoms with E-state index >= 15 is 0 Å². The Hall–Kier alpha value is -3.56. The summed E-state index contributed by atoms with van der Waals surface area (Å²) in [6.45, 7) is 6.84. The third-order valence-corrected chi connectivity index (χ3v) is 5.89. The number of hydrogen-bond acceptors (Lipinski definition) is 8. The molecule has 0 radical (unpaired) electrons. The first-order valence-corrected chi connectivity index (χ1v) is 11.3. The van der Waals surface area contributed by atoms with Gasteiger partial charge in [-0.15, -0.1) is 0 Å². The Labute approximate surface area is 192 Å². The third kappa shape index (κ3) is 4.94. The van der Waals surface area contributed by atoms with Crippen LogP contribution in [0.1, 0.15) is 10.5 Å². The van der Waals surface area contributed by atoms with Crippen LogP contribution in [0.5, 0.6) is 0 Å². The highest BCUT2D eigenvalue weighted by Crippen LogP contribution is 2.26. The predicted octanol–water partition coefficient (Wildman–Crippen LogP) is 2.04. The smallest absolute Gasteiger partial charge is 0.274 e. The van der Waals surface area contributed by atoms with E-state index in [4.69, 9.17) is 4.74 Å². The number of morpholine rings is 1. The minimum atomic E-state index is -0.284. The van der Waals surface area contributed by atoms with Crippen LogP contribution in [0.3, 0.4) is 0 Å². The van der Waals surface area contributed by atoms with Gasteiger partial charge in [0.1, 0.15) is 5.69 Å². The summed E-state index contributed by atoms with van der Waals surface area (Å²) in [5.41, 5.74) is 3.97. The molecular formula is C24H27N7O2. The van der Waals surface area contributed by atoms with Crippen LogP contribution in [-0.4, -0.2) is 73.3 Å². The molecule has 170 valence electrons. The number of amides is 1. The van der Waals surface area contributed by atoms with Crippen LogP contribution < -0.4 is 20.4 Å². The molecule has 0 bridgehead atoms. The number of nitrogens with zero attached hydrogens (tertiary/aromatic N) is 5. The average Bonchev–Trinajstić information content (AvgIpc) is 2.90. The number of anilines is 3. The normalized spacial score (nSPS) is 16.5. The zero-order valence-corrected chi connectivity index (χ0v) is 18.4. The Kier molecular flexibility index (Phi) is 6.41. The molecule has 2 saturated heterocycles. The van der Waals surface area contributed by atoms with E-state index in [0.29, 0.717) is 17.2 Å². The van der Waals surface area contributed by atoms with Crippen molar-refractivity contribution < 1.29 is 9.53 Å². The summed E-state index contributed by atoms with van der Waals surface area (Å²) in [6, 6.07) is 11.7. The molecule has 33 heavy (non-hydrogen) atoms. The number of hydrogen-bond donors (Lipinski definition) is 2.